The number of benzene rings is 2. The van der Waals surface area contributed by atoms with Crippen molar-refractivity contribution in [1.82, 2.24) is 9.62 Å². The fourth-order valence-corrected chi connectivity index (χ4v) is 4.39. The summed E-state index contributed by atoms with van der Waals surface area (Å²) in [7, 11) is -3.61. The number of sulfonamides is 1. The van der Waals surface area contributed by atoms with Crippen molar-refractivity contribution in [2.24, 2.45) is 0 Å². The second kappa shape index (κ2) is 8.86. The summed E-state index contributed by atoms with van der Waals surface area (Å²) in [4.78, 5) is 22.7. The van der Waals surface area contributed by atoms with Crippen molar-refractivity contribution in [3.8, 4) is 0 Å². The van der Waals surface area contributed by atoms with E-state index in [1.807, 2.05) is 0 Å². The van der Waals surface area contributed by atoms with Gasteiger partial charge in [0.05, 0.1) is 28.6 Å². The van der Waals surface area contributed by atoms with Gasteiger partial charge in [-0.2, -0.15) is 4.31 Å². The first-order valence-electron chi connectivity index (χ1n) is 9.09. The van der Waals surface area contributed by atoms with Crippen molar-refractivity contribution in [2.75, 3.05) is 26.3 Å². The predicted octanol–water partition coefficient (Wildman–Crippen LogP) is 1.99. The molecule has 0 atom stereocenters. The van der Waals surface area contributed by atoms with E-state index in [0.29, 0.717) is 31.9 Å². The van der Waals surface area contributed by atoms with Crippen LogP contribution in [0.5, 0.6) is 0 Å². The Morgan fingerprint density at radius 1 is 1.23 bits per heavy atom. The van der Waals surface area contributed by atoms with Crippen molar-refractivity contribution in [2.45, 2.75) is 18.4 Å². The molecule has 0 bridgehead atoms. The van der Waals surface area contributed by atoms with Crippen molar-refractivity contribution < 1.29 is 27.3 Å². The van der Waals surface area contributed by atoms with Crippen molar-refractivity contribution >= 4 is 21.6 Å². The summed E-state index contributed by atoms with van der Waals surface area (Å²) < 4.78 is 45.6. The van der Waals surface area contributed by atoms with E-state index in [4.69, 9.17) is 4.74 Å². The number of rotatable bonds is 6. The molecule has 1 aliphatic heterocycles. The summed E-state index contributed by atoms with van der Waals surface area (Å²) in [5.74, 6) is -1.52. The van der Waals surface area contributed by atoms with E-state index >= 15 is 0 Å². The van der Waals surface area contributed by atoms with E-state index in [1.54, 1.807) is 12.1 Å². The molecular weight excluding hydrogens is 417 g/mol. The fourth-order valence-electron chi connectivity index (χ4n) is 2.98. The molecule has 1 fully saturated rings. The Hall–Kier alpha value is -2.89. The highest BCUT2D eigenvalue weighted by Crippen LogP contribution is 2.23. The zero-order valence-electron chi connectivity index (χ0n) is 16.1. The van der Waals surface area contributed by atoms with Gasteiger partial charge in [0.1, 0.15) is 5.82 Å². The Bertz CT molecular complexity index is 1070. The van der Waals surface area contributed by atoms with Gasteiger partial charge in [0.2, 0.25) is 10.0 Å². The van der Waals surface area contributed by atoms with Gasteiger partial charge in [-0.15, -0.1) is 0 Å². The number of carbonyl (C=O) groups excluding carboxylic acids is 1. The molecule has 0 aliphatic carbocycles. The molecule has 1 amide bonds. The van der Waals surface area contributed by atoms with Crippen molar-refractivity contribution in [3.05, 3.63) is 69.0 Å². The predicted molar refractivity (Wildman–Crippen MR) is 105 cm³/mol. The molecule has 1 saturated heterocycles. The van der Waals surface area contributed by atoms with Crippen molar-refractivity contribution in [1.29, 1.82) is 0 Å². The maximum absolute atomic E-state index is 13.9. The first kappa shape index (κ1) is 21.8. The minimum atomic E-state index is -3.61. The zero-order chi connectivity index (χ0) is 21.9. The lowest BCUT2D eigenvalue weighted by molar-refractivity contribution is -0.385. The Morgan fingerprint density at radius 3 is 2.47 bits per heavy atom. The average Bonchev–Trinajstić information content (AvgIpc) is 2.74. The third-order valence-corrected chi connectivity index (χ3v) is 6.67. The number of nitro groups is 1. The first-order chi connectivity index (χ1) is 14.2. The molecule has 0 aromatic heterocycles. The molecule has 11 heteroatoms. The van der Waals surface area contributed by atoms with Gasteiger partial charge in [0, 0.05) is 31.3 Å². The molecule has 0 unspecified atom stereocenters. The Morgan fingerprint density at radius 2 is 1.87 bits per heavy atom. The number of morpholine rings is 1. The van der Waals surface area contributed by atoms with Gasteiger partial charge in [-0.05, 0) is 30.7 Å². The second-order valence-corrected chi connectivity index (χ2v) is 8.64. The fraction of sp³-hybridized carbons (Fsp3) is 0.316. The number of nitro benzene ring substituents is 1. The third-order valence-electron chi connectivity index (χ3n) is 4.76. The number of nitrogens with one attached hydrogen (secondary N) is 1. The number of hydrogen-bond acceptors (Lipinski definition) is 6. The lowest BCUT2D eigenvalue weighted by Gasteiger charge is -2.26. The van der Waals surface area contributed by atoms with E-state index in [0.717, 1.165) is 12.1 Å². The van der Waals surface area contributed by atoms with Crippen LogP contribution in [0.15, 0.2) is 41.3 Å². The second-order valence-electron chi connectivity index (χ2n) is 6.70. The van der Waals surface area contributed by atoms with Gasteiger partial charge in [-0.1, -0.05) is 12.1 Å². The largest absolute Gasteiger partial charge is 0.379 e. The van der Waals surface area contributed by atoms with Crippen LogP contribution >= 0.6 is 0 Å². The SMILES string of the molecule is Cc1c(F)cc(C(=O)NCc2ccc(S(=O)(=O)N3CCOCC3)cc2)cc1[N+](=O)[O-]. The molecule has 0 spiro atoms. The summed E-state index contributed by atoms with van der Waals surface area (Å²) in [6.45, 7) is 2.59. The molecule has 30 heavy (non-hydrogen) atoms. The van der Waals surface area contributed by atoms with E-state index in [9.17, 15) is 27.7 Å². The summed E-state index contributed by atoms with van der Waals surface area (Å²) in [6, 6.07) is 7.98. The van der Waals surface area contributed by atoms with E-state index in [-0.39, 0.29) is 22.6 Å². The van der Waals surface area contributed by atoms with Crippen LogP contribution in [0.25, 0.3) is 0 Å². The van der Waals surface area contributed by atoms with Crippen LogP contribution in [0.2, 0.25) is 0 Å². The highest BCUT2D eigenvalue weighted by Gasteiger charge is 2.26. The number of hydrogen-bond donors (Lipinski definition) is 1. The molecule has 0 saturated carbocycles. The van der Waals surface area contributed by atoms with Gasteiger partial charge in [0.15, 0.2) is 0 Å². The standard InChI is InChI=1S/C19H20FN3O6S/c1-13-17(20)10-15(11-18(13)23(25)26)19(24)21-12-14-2-4-16(5-3-14)30(27,28)22-6-8-29-9-7-22/h2-5,10-11H,6-9,12H2,1H3,(H,21,24). The molecule has 1 heterocycles. The summed E-state index contributed by atoms with van der Waals surface area (Å²) >= 11 is 0. The van der Waals surface area contributed by atoms with Crippen LogP contribution in [0.4, 0.5) is 10.1 Å². The van der Waals surface area contributed by atoms with Gasteiger partial charge in [0.25, 0.3) is 11.6 Å². The number of amides is 1. The summed E-state index contributed by atoms with van der Waals surface area (Å²) in [6.07, 6.45) is 0. The maximum atomic E-state index is 13.9. The van der Waals surface area contributed by atoms with Crippen LogP contribution in [-0.4, -0.2) is 49.9 Å². The van der Waals surface area contributed by atoms with Gasteiger partial charge in [-0.25, -0.2) is 12.8 Å². The summed E-state index contributed by atoms with van der Waals surface area (Å²) in [5, 5.41) is 13.5. The smallest absolute Gasteiger partial charge is 0.276 e. The van der Waals surface area contributed by atoms with E-state index in [2.05, 4.69) is 5.32 Å². The lowest BCUT2D eigenvalue weighted by atomic mass is 10.1. The number of carbonyl (C=O) groups is 1. The minimum Gasteiger partial charge on any atom is -0.379 e. The maximum Gasteiger partial charge on any atom is 0.276 e. The van der Waals surface area contributed by atoms with Gasteiger partial charge in [-0.3, -0.25) is 14.9 Å². The minimum absolute atomic E-state index is 0.0417. The molecule has 1 aliphatic rings. The number of nitrogens with zero attached hydrogens (tertiary/aromatic N) is 2. The van der Waals surface area contributed by atoms with Crippen LogP contribution in [-0.2, 0) is 21.3 Å². The molecule has 0 radical (unpaired) electrons. The van der Waals surface area contributed by atoms with Gasteiger partial charge >= 0.3 is 0 Å². The highest BCUT2D eigenvalue weighted by atomic mass is 32.2. The topological polar surface area (TPSA) is 119 Å². The molecule has 1 N–H and O–H groups in total. The van der Waals surface area contributed by atoms with Crippen LogP contribution < -0.4 is 5.32 Å². The summed E-state index contributed by atoms with van der Waals surface area (Å²) in [5.41, 5.74) is -0.172. The Balaban J connectivity index is 1.68. The lowest BCUT2D eigenvalue weighted by Crippen LogP contribution is -2.40. The average molecular weight is 437 g/mol. The van der Waals surface area contributed by atoms with E-state index in [1.165, 1.54) is 23.4 Å². The van der Waals surface area contributed by atoms with Crippen LogP contribution in [0, 0.1) is 22.9 Å². The van der Waals surface area contributed by atoms with Crippen molar-refractivity contribution in [3.63, 3.8) is 0 Å². The molecule has 2 aromatic carbocycles. The quantitative estimate of drug-likeness (QED) is 0.545. The number of halogens is 1. The van der Waals surface area contributed by atoms with E-state index < -0.39 is 32.4 Å². The van der Waals surface area contributed by atoms with Gasteiger partial charge < -0.3 is 10.1 Å². The third kappa shape index (κ3) is 4.64. The monoisotopic (exact) mass is 437 g/mol. The molecule has 2 aromatic rings. The first-order valence-corrected chi connectivity index (χ1v) is 10.5. The highest BCUT2D eigenvalue weighted by molar-refractivity contribution is 7.89. The number of ether oxygens (including phenoxy) is 1. The normalized spacial score (nSPS) is 15.0. The molecule has 3 rings (SSSR count). The molecule has 160 valence electrons. The van der Waals surface area contributed by atoms with Crippen LogP contribution in [0.3, 0.4) is 0 Å². The zero-order valence-corrected chi connectivity index (χ0v) is 16.9. The molecule has 9 nitrogen and oxygen atoms in total. The van der Waals surface area contributed by atoms with Crippen LogP contribution in [0.1, 0.15) is 21.5 Å². The Kier molecular flexibility index (Phi) is 6.44. The Labute approximate surface area is 172 Å². The molecular formula is C19H20FN3O6S.